The van der Waals surface area contributed by atoms with E-state index < -0.39 is 17.6 Å². The van der Waals surface area contributed by atoms with Crippen LogP contribution < -0.4 is 5.32 Å². The maximum atomic E-state index is 13.2. The summed E-state index contributed by atoms with van der Waals surface area (Å²) in [5.41, 5.74) is 1.35. The number of anilines is 1. The summed E-state index contributed by atoms with van der Waals surface area (Å²) >= 11 is 1.15. The predicted molar refractivity (Wildman–Crippen MR) is 122 cm³/mol. The molecule has 0 atom stereocenters. The molecule has 0 radical (unpaired) electrons. The van der Waals surface area contributed by atoms with Crippen LogP contribution >= 0.6 is 11.8 Å². The number of nitrogens with zero attached hydrogens (tertiary/aromatic N) is 6. The van der Waals surface area contributed by atoms with Gasteiger partial charge in [-0.05, 0) is 38.1 Å². The van der Waals surface area contributed by atoms with Gasteiger partial charge in [0.05, 0.1) is 22.7 Å². The van der Waals surface area contributed by atoms with Crippen LogP contribution in [0.2, 0.25) is 0 Å². The first-order valence-electron chi connectivity index (χ1n) is 10.3. The van der Waals surface area contributed by atoms with Crippen molar-refractivity contribution in [3.05, 3.63) is 66.2 Å². The molecule has 0 unspecified atom stereocenters. The van der Waals surface area contributed by atoms with Gasteiger partial charge >= 0.3 is 6.18 Å². The van der Waals surface area contributed by atoms with E-state index in [9.17, 15) is 18.0 Å². The molecule has 1 N–H and O–H groups in total. The van der Waals surface area contributed by atoms with Crippen LogP contribution in [0.1, 0.15) is 18.1 Å². The van der Waals surface area contributed by atoms with Crippen LogP contribution in [0, 0.1) is 6.92 Å². The molecule has 12 heteroatoms. The second kappa shape index (κ2) is 9.67. The lowest BCUT2D eigenvalue weighted by Gasteiger charge is -2.14. The van der Waals surface area contributed by atoms with Gasteiger partial charge in [0.2, 0.25) is 5.91 Å². The Morgan fingerprint density at radius 2 is 1.97 bits per heavy atom. The maximum absolute atomic E-state index is 13.2. The van der Waals surface area contributed by atoms with Crippen LogP contribution in [0.3, 0.4) is 0 Å². The molecule has 2 aromatic heterocycles. The van der Waals surface area contributed by atoms with Crippen molar-refractivity contribution >= 4 is 23.4 Å². The number of thioether (sulfide) groups is 1. The summed E-state index contributed by atoms with van der Waals surface area (Å²) in [6, 6.07) is 10.9. The molecule has 0 saturated heterocycles. The summed E-state index contributed by atoms with van der Waals surface area (Å²) in [6.07, 6.45) is -1.97. The van der Waals surface area contributed by atoms with Crippen LogP contribution in [0.15, 0.2) is 60.3 Å². The maximum Gasteiger partial charge on any atom is 0.416 e. The summed E-state index contributed by atoms with van der Waals surface area (Å²) in [6.45, 7) is 4.52. The van der Waals surface area contributed by atoms with Gasteiger partial charge in [0.1, 0.15) is 12.7 Å². The zero-order chi connectivity index (χ0) is 24.3. The first-order chi connectivity index (χ1) is 16.3. The molecule has 1 amide bonds. The summed E-state index contributed by atoms with van der Waals surface area (Å²) in [7, 11) is 0. The average molecular weight is 488 g/mol. The third-order valence-electron chi connectivity index (χ3n) is 4.91. The van der Waals surface area contributed by atoms with Gasteiger partial charge in [0.15, 0.2) is 11.0 Å². The molecule has 176 valence electrons. The highest BCUT2D eigenvalue weighted by atomic mass is 32.2. The van der Waals surface area contributed by atoms with Crippen molar-refractivity contribution in [3.8, 4) is 17.1 Å². The first kappa shape index (κ1) is 23.5. The number of hydrogen-bond acceptors (Lipinski definition) is 6. The van der Waals surface area contributed by atoms with Gasteiger partial charge in [-0.1, -0.05) is 35.5 Å². The third-order valence-corrected chi connectivity index (χ3v) is 5.87. The van der Waals surface area contributed by atoms with Crippen LogP contribution in [0.25, 0.3) is 17.1 Å². The molecule has 0 spiro atoms. The molecule has 0 saturated carbocycles. The largest absolute Gasteiger partial charge is 0.416 e. The van der Waals surface area contributed by atoms with Gasteiger partial charge in [-0.15, -0.1) is 10.2 Å². The Kier molecular flexibility index (Phi) is 6.68. The van der Waals surface area contributed by atoms with E-state index in [0.717, 1.165) is 35.0 Å². The van der Waals surface area contributed by atoms with E-state index in [1.807, 2.05) is 42.7 Å². The van der Waals surface area contributed by atoms with E-state index in [-0.39, 0.29) is 17.1 Å². The summed E-state index contributed by atoms with van der Waals surface area (Å²) in [4.78, 5) is 16.5. The number of carbonyl (C=O) groups excluding carboxylic acids is 1. The van der Waals surface area contributed by atoms with Gasteiger partial charge in [-0.25, -0.2) is 9.67 Å². The van der Waals surface area contributed by atoms with Gasteiger partial charge in [0.25, 0.3) is 0 Å². The van der Waals surface area contributed by atoms with E-state index in [1.54, 1.807) is 0 Å². The van der Waals surface area contributed by atoms with E-state index in [2.05, 4.69) is 25.6 Å². The number of amides is 1. The fraction of sp³-hybridized carbons (Fsp3) is 0.227. The molecule has 0 aliphatic rings. The van der Waals surface area contributed by atoms with Crippen molar-refractivity contribution in [1.29, 1.82) is 0 Å². The number of hydrogen-bond donors (Lipinski definition) is 1. The highest BCUT2D eigenvalue weighted by Gasteiger charge is 2.31. The number of halogens is 3. The van der Waals surface area contributed by atoms with Crippen molar-refractivity contribution < 1.29 is 18.0 Å². The number of rotatable bonds is 7. The van der Waals surface area contributed by atoms with E-state index >= 15 is 0 Å². The molecule has 8 nitrogen and oxygen atoms in total. The Labute approximate surface area is 197 Å². The van der Waals surface area contributed by atoms with Crippen molar-refractivity contribution in [2.75, 3.05) is 11.1 Å². The molecule has 4 rings (SSSR count). The second-order valence-electron chi connectivity index (χ2n) is 7.33. The molecule has 4 aromatic rings. The monoisotopic (exact) mass is 487 g/mol. The highest BCUT2D eigenvalue weighted by Crippen LogP contribution is 2.33. The number of alkyl halides is 3. The minimum atomic E-state index is -4.56. The number of aryl methyl sites for hydroxylation is 1. The van der Waals surface area contributed by atoms with Gasteiger partial charge in [-0.3, -0.25) is 4.79 Å². The molecule has 0 aliphatic carbocycles. The van der Waals surface area contributed by atoms with Crippen LogP contribution in [-0.2, 0) is 17.5 Å². The lowest BCUT2D eigenvalue weighted by molar-refractivity contribution is -0.137. The molecule has 2 aromatic carbocycles. The third kappa shape index (κ3) is 5.11. The quantitative estimate of drug-likeness (QED) is 0.383. The molecule has 0 bridgehead atoms. The highest BCUT2D eigenvalue weighted by molar-refractivity contribution is 7.99. The van der Waals surface area contributed by atoms with Crippen molar-refractivity contribution in [2.24, 2.45) is 0 Å². The Hall–Kier alpha value is -3.67. The fourth-order valence-corrected chi connectivity index (χ4v) is 4.14. The van der Waals surface area contributed by atoms with Crippen molar-refractivity contribution in [3.63, 3.8) is 0 Å². The second-order valence-corrected chi connectivity index (χ2v) is 8.27. The Morgan fingerprint density at radius 3 is 2.65 bits per heavy atom. The average Bonchev–Trinajstić information content (AvgIpc) is 3.47. The minimum absolute atomic E-state index is 0.0247. The molecule has 0 fully saturated rings. The topological polar surface area (TPSA) is 90.5 Å². The number of benzene rings is 2. The number of aromatic nitrogens is 6. The van der Waals surface area contributed by atoms with Crippen LogP contribution in [-0.4, -0.2) is 41.2 Å². The number of carbonyl (C=O) groups is 1. The fourth-order valence-electron chi connectivity index (χ4n) is 3.34. The standard InChI is InChI=1S/C22H20F3N7OS/c1-3-31-20(15-6-4-5-14(2)9-15)29-30-21(31)34-11-19(33)28-17-10-16(22(23,24)25)7-8-18(17)32-13-26-12-27-32/h4-10,12-13H,3,11H2,1-2H3,(H,28,33). The molecular formula is C22H20F3N7OS. The summed E-state index contributed by atoms with van der Waals surface area (Å²) in [5.74, 6) is 0.118. The van der Waals surface area contributed by atoms with E-state index in [4.69, 9.17) is 0 Å². The van der Waals surface area contributed by atoms with Crippen LogP contribution in [0.5, 0.6) is 0 Å². The Morgan fingerprint density at radius 1 is 1.15 bits per heavy atom. The summed E-state index contributed by atoms with van der Waals surface area (Å²) < 4.78 is 42.9. The molecule has 0 aliphatic heterocycles. The summed E-state index contributed by atoms with van der Waals surface area (Å²) in [5, 5.41) is 15.5. The van der Waals surface area contributed by atoms with Crippen molar-refractivity contribution in [2.45, 2.75) is 31.7 Å². The minimum Gasteiger partial charge on any atom is -0.323 e. The first-order valence-corrected chi connectivity index (χ1v) is 11.2. The van der Waals surface area contributed by atoms with Gasteiger partial charge in [-0.2, -0.15) is 18.3 Å². The zero-order valence-corrected chi connectivity index (χ0v) is 19.1. The van der Waals surface area contributed by atoms with Gasteiger partial charge < -0.3 is 9.88 Å². The lowest BCUT2D eigenvalue weighted by atomic mass is 10.1. The Balaban J connectivity index is 1.53. The molecular weight excluding hydrogens is 467 g/mol. The molecule has 2 heterocycles. The van der Waals surface area contributed by atoms with Crippen molar-refractivity contribution in [1.82, 2.24) is 29.5 Å². The van der Waals surface area contributed by atoms with Gasteiger partial charge in [0, 0.05) is 12.1 Å². The SMILES string of the molecule is CCn1c(SCC(=O)Nc2cc(C(F)(F)F)ccc2-n2cncn2)nnc1-c1cccc(C)c1. The number of nitrogens with one attached hydrogen (secondary N) is 1. The Bertz CT molecular complexity index is 1300. The zero-order valence-electron chi connectivity index (χ0n) is 18.2. The van der Waals surface area contributed by atoms with E-state index in [1.165, 1.54) is 23.4 Å². The lowest BCUT2D eigenvalue weighted by Crippen LogP contribution is -2.17. The van der Waals surface area contributed by atoms with Crippen LogP contribution in [0.4, 0.5) is 18.9 Å². The molecule has 34 heavy (non-hydrogen) atoms. The smallest absolute Gasteiger partial charge is 0.323 e. The normalized spacial score (nSPS) is 11.6. The predicted octanol–water partition coefficient (Wildman–Crippen LogP) is 4.60. The van der Waals surface area contributed by atoms with E-state index in [0.29, 0.717) is 17.5 Å².